The van der Waals surface area contributed by atoms with E-state index in [1.165, 1.54) is 76.2 Å². The lowest BCUT2D eigenvalue weighted by Gasteiger charge is -2.58. The van der Waals surface area contributed by atoms with Gasteiger partial charge in [-0.15, -0.1) is 0 Å². The molecule has 186 valence electrons. The van der Waals surface area contributed by atoms with Gasteiger partial charge in [-0.2, -0.15) is 0 Å². The summed E-state index contributed by atoms with van der Waals surface area (Å²) in [5.74, 6) is 4.52. The zero-order valence-electron chi connectivity index (χ0n) is 22.2. The van der Waals surface area contributed by atoms with Crippen LogP contribution in [0.5, 0.6) is 5.75 Å². The molecule has 0 spiro atoms. The van der Waals surface area contributed by atoms with Crippen LogP contribution in [0.3, 0.4) is 0 Å². The summed E-state index contributed by atoms with van der Waals surface area (Å²) in [6.45, 7) is 12.4. The van der Waals surface area contributed by atoms with Gasteiger partial charge in [0.25, 0.3) is 0 Å². The summed E-state index contributed by atoms with van der Waals surface area (Å²) in [6.07, 6.45) is 15.6. The van der Waals surface area contributed by atoms with Gasteiger partial charge in [-0.25, -0.2) is 0 Å². The van der Waals surface area contributed by atoms with Crippen LogP contribution >= 0.6 is 0 Å². The van der Waals surface area contributed by atoms with Crippen molar-refractivity contribution in [3.63, 3.8) is 0 Å². The monoisotopic (exact) mass is 454 g/mol. The molecule has 0 aromatic heterocycles. The van der Waals surface area contributed by atoms with Crippen molar-refractivity contribution in [2.24, 2.45) is 34.5 Å². The van der Waals surface area contributed by atoms with Crippen LogP contribution in [0.15, 0.2) is 24.3 Å². The number of hydrogen-bond donors (Lipinski definition) is 0. The van der Waals surface area contributed by atoms with Gasteiger partial charge in [0.2, 0.25) is 6.29 Å². The number of benzene rings is 1. The molecule has 0 saturated heterocycles. The molecule has 4 bridgehead atoms. The predicted molar refractivity (Wildman–Crippen MR) is 138 cm³/mol. The molecule has 0 N–H and O–H groups in total. The minimum absolute atomic E-state index is 0.0783. The molecule has 1 aromatic carbocycles. The Labute approximate surface area is 204 Å². The van der Waals surface area contributed by atoms with E-state index in [2.05, 4.69) is 58.9 Å². The van der Waals surface area contributed by atoms with Gasteiger partial charge in [0.1, 0.15) is 5.75 Å². The maximum atomic E-state index is 6.75. The third kappa shape index (κ3) is 6.56. The second-order valence-electron chi connectivity index (χ2n) is 13.2. The molecule has 0 heterocycles. The predicted octanol–water partition coefficient (Wildman–Crippen LogP) is 8.82. The Balaban J connectivity index is 1.44. The van der Waals surface area contributed by atoms with Crippen molar-refractivity contribution in [3.8, 4) is 5.75 Å². The van der Waals surface area contributed by atoms with Crippen LogP contribution in [0.2, 0.25) is 0 Å². The van der Waals surface area contributed by atoms with Crippen LogP contribution in [0.4, 0.5) is 0 Å². The molecule has 0 aliphatic heterocycles. The summed E-state index contributed by atoms with van der Waals surface area (Å²) in [7, 11) is 0. The highest BCUT2D eigenvalue weighted by molar-refractivity contribution is 5.28. The van der Waals surface area contributed by atoms with E-state index < -0.39 is 0 Å². The highest BCUT2D eigenvalue weighted by Gasteiger charge is 2.55. The average Bonchev–Trinajstić information content (AvgIpc) is 2.75. The molecule has 4 fully saturated rings. The van der Waals surface area contributed by atoms with Gasteiger partial charge in [-0.1, -0.05) is 66.0 Å². The highest BCUT2D eigenvalue weighted by Crippen LogP contribution is 2.61. The molecule has 2 nitrogen and oxygen atoms in total. The summed E-state index contributed by atoms with van der Waals surface area (Å²) >= 11 is 0. The van der Waals surface area contributed by atoms with Crippen LogP contribution in [-0.4, -0.2) is 12.9 Å². The van der Waals surface area contributed by atoms with Crippen molar-refractivity contribution in [2.75, 3.05) is 6.61 Å². The van der Waals surface area contributed by atoms with Gasteiger partial charge in [0, 0.05) is 5.41 Å². The van der Waals surface area contributed by atoms with E-state index in [0.717, 1.165) is 42.4 Å². The third-order valence-corrected chi connectivity index (χ3v) is 8.99. The lowest BCUT2D eigenvalue weighted by molar-refractivity contribution is -0.216. The van der Waals surface area contributed by atoms with E-state index in [4.69, 9.17) is 9.47 Å². The van der Waals surface area contributed by atoms with Crippen molar-refractivity contribution < 1.29 is 9.47 Å². The maximum absolute atomic E-state index is 6.75. The fourth-order valence-electron chi connectivity index (χ4n) is 7.48. The molecule has 1 aromatic rings. The molecule has 0 radical (unpaired) electrons. The second-order valence-corrected chi connectivity index (χ2v) is 13.2. The minimum Gasteiger partial charge on any atom is -0.464 e. The topological polar surface area (TPSA) is 18.5 Å². The summed E-state index contributed by atoms with van der Waals surface area (Å²) in [4.78, 5) is 0. The van der Waals surface area contributed by atoms with Crippen molar-refractivity contribution in [2.45, 2.75) is 118 Å². The quantitative estimate of drug-likeness (QED) is 0.294. The molecule has 4 aliphatic rings. The summed E-state index contributed by atoms with van der Waals surface area (Å²) in [5.41, 5.74) is 2.03. The molecular weight excluding hydrogens is 404 g/mol. The first-order valence-electron chi connectivity index (χ1n) is 14.2. The lowest BCUT2D eigenvalue weighted by atomic mass is 9.49. The van der Waals surface area contributed by atoms with Crippen molar-refractivity contribution >= 4 is 0 Å². The molecule has 2 atom stereocenters. The zero-order chi connectivity index (χ0) is 23.5. The van der Waals surface area contributed by atoms with Crippen LogP contribution in [-0.2, 0) is 11.2 Å². The molecule has 2 heteroatoms. The van der Waals surface area contributed by atoms with E-state index in [1.807, 2.05) is 0 Å². The number of aryl methyl sites for hydroxylation is 1. The average molecular weight is 455 g/mol. The molecule has 33 heavy (non-hydrogen) atoms. The Morgan fingerprint density at radius 1 is 0.909 bits per heavy atom. The molecule has 4 saturated carbocycles. The van der Waals surface area contributed by atoms with Gasteiger partial charge in [0.05, 0.1) is 6.61 Å². The Morgan fingerprint density at radius 2 is 1.52 bits per heavy atom. The van der Waals surface area contributed by atoms with E-state index in [0.29, 0.717) is 5.41 Å². The molecule has 0 amide bonds. The van der Waals surface area contributed by atoms with Crippen LogP contribution in [0, 0.1) is 34.5 Å². The van der Waals surface area contributed by atoms with Crippen LogP contribution < -0.4 is 4.74 Å². The molecule has 4 aliphatic carbocycles. The first kappa shape index (κ1) is 25.1. The Morgan fingerprint density at radius 3 is 2.03 bits per heavy atom. The van der Waals surface area contributed by atoms with Gasteiger partial charge in [-0.05, 0) is 105 Å². The maximum Gasteiger partial charge on any atom is 0.205 e. The largest absolute Gasteiger partial charge is 0.464 e. The lowest BCUT2D eigenvalue weighted by Crippen LogP contribution is -2.54. The summed E-state index contributed by atoms with van der Waals surface area (Å²) in [6, 6.07) is 8.93. The van der Waals surface area contributed by atoms with E-state index in [9.17, 15) is 0 Å². The highest BCUT2D eigenvalue weighted by atomic mass is 16.7. The summed E-state index contributed by atoms with van der Waals surface area (Å²) in [5, 5.41) is 0. The van der Waals surface area contributed by atoms with Crippen molar-refractivity contribution in [1.29, 1.82) is 0 Å². The number of rotatable bonds is 12. The fraction of sp³-hybridized carbons (Fsp3) is 0.806. The van der Waals surface area contributed by atoms with Gasteiger partial charge >= 0.3 is 0 Å². The second kappa shape index (κ2) is 10.7. The molecule has 5 rings (SSSR count). The fourth-order valence-corrected chi connectivity index (χ4v) is 7.48. The van der Waals surface area contributed by atoms with Crippen LogP contribution in [0.1, 0.15) is 111 Å². The Hall–Kier alpha value is -1.02. The van der Waals surface area contributed by atoms with Crippen molar-refractivity contribution in [3.05, 3.63) is 29.8 Å². The third-order valence-electron chi connectivity index (χ3n) is 8.99. The Kier molecular flexibility index (Phi) is 8.14. The van der Waals surface area contributed by atoms with Gasteiger partial charge in [0.15, 0.2) is 0 Å². The SMILES string of the molecule is CCCC(CC)CCOC(Oc1ccc(CCC(C)(C)C)cc1)C12CC3CC(CC(C3)C1)C2. The van der Waals surface area contributed by atoms with Crippen LogP contribution in [0.25, 0.3) is 0 Å². The Bertz CT molecular complexity index is 693. The van der Waals surface area contributed by atoms with E-state index in [-0.39, 0.29) is 11.7 Å². The van der Waals surface area contributed by atoms with Gasteiger partial charge < -0.3 is 9.47 Å². The number of ether oxygens (including phenoxy) is 2. The van der Waals surface area contributed by atoms with E-state index >= 15 is 0 Å². The first-order chi connectivity index (χ1) is 15.8. The van der Waals surface area contributed by atoms with Gasteiger partial charge in [-0.3, -0.25) is 0 Å². The zero-order valence-corrected chi connectivity index (χ0v) is 22.2. The minimum atomic E-state index is -0.0783. The van der Waals surface area contributed by atoms with E-state index in [1.54, 1.807) is 0 Å². The number of hydrogen-bond acceptors (Lipinski definition) is 2. The summed E-state index contributed by atoms with van der Waals surface area (Å²) < 4.78 is 13.5. The normalized spacial score (nSPS) is 30.4. The molecule has 2 unspecified atom stereocenters. The standard InChI is InChI=1S/C31H50O2/c1-6-8-23(7-2)14-16-32-29(31-20-25-17-26(21-31)19-27(18-25)22-31)33-28-11-9-24(10-12-28)13-15-30(3,4)5/h9-12,23,25-27,29H,6-8,13-22H2,1-5H3. The molecular formula is C31H50O2. The van der Waals surface area contributed by atoms with Crippen molar-refractivity contribution in [1.82, 2.24) is 0 Å². The smallest absolute Gasteiger partial charge is 0.205 e. The first-order valence-corrected chi connectivity index (χ1v) is 14.2.